The minimum atomic E-state index is -4.07. The average Bonchev–Trinajstić information content (AvgIpc) is 2.26. The first-order valence-corrected chi connectivity index (χ1v) is 7.97. The second-order valence-electron chi connectivity index (χ2n) is 3.41. The molecule has 0 fully saturated rings. The van der Waals surface area contributed by atoms with Crippen molar-refractivity contribution < 1.29 is 21.8 Å². The highest BCUT2D eigenvalue weighted by Gasteiger charge is 2.26. The third-order valence-electron chi connectivity index (χ3n) is 2.03. The summed E-state index contributed by atoms with van der Waals surface area (Å²) in [6, 6.07) is 4.72. The average molecular weight is 294 g/mol. The molecule has 1 aromatic carbocycles. The Hall–Kier alpha value is -1.52. The summed E-state index contributed by atoms with van der Waals surface area (Å²) in [5.41, 5.74) is -0.591. The molecule has 0 aliphatic rings. The molecule has 0 spiro atoms. The zero-order valence-corrected chi connectivity index (χ0v) is 10.6. The Labute approximate surface area is 104 Å². The minimum Gasteiger partial charge on any atom is -0.258 e. The maximum absolute atomic E-state index is 11.8. The first kappa shape index (κ1) is 14.5. The predicted molar refractivity (Wildman–Crippen MR) is 63.1 cm³/mol. The van der Waals surface area contributed by atoms with Gasteiger partial charge < -0.3 is 0 Å². The molecule has 2 N–H and O–H groups in total. The zero-order valence-electron chi connectivity index (χ0n) is 9.01. The molecule has 0 aromatic heterocycles. The van der Waals surface area contributed by atoms with Crippen LogP contribution in [-0.4, -0.2) is 33.3 Å². The van der Waals surface area contributed by atoms with E-state index in [0.29, 0.717) is 0 Å². The largest absolute Gasteiger partial charge is 0.287 e. The van der Waals surface area contributed by atoms with Crippen LogP contribution in [0.2, 0.25) is 0 Å². The number of rotatable bonds is 5. The molecule has 100 valence electrons. The topological polar surface area (TPSA) is 137 Å². The molecule has 0 aliphatic carbocycles. The molecule has 0 radical (unpaired) electrons. The standard InChI is InChI=1S/C8H10N2O6S2/c9-18(15,16)6-5-17(13,14)8-4-2-1-3-7(8)10(11)12/h1-4H,5-6H2,(H2,9,15,16). The van der Waals surface area contributed by atoms with Crippen molar-refractivity contribution in [3.05, 3.63) is 34.4 Å². The first-order chi connectivity index (χ1) is 8.13. The van der Waals surface area contributed by atoms with Gasteiger partial charge in [-0.05, 0) is 6.07 Å². The quantitative estimate of drug-likeness (QED) is 0.582. The SMILES string of the molecule is NS(=O)(=O)CCS(=O)(=O)c1ccccc1[N+](=O)[O-]. The number of nitrogens with zero attached hydrogens (tertiary/aromatic N) is 1. The van der Waals surface area contributed by atoms with Crippen molar-refractivity contribution in [1.29, 1.82) is 0 Å². The van der Waals surface area contributed by atoms with Gasteiger partial charge >= 0.3 is 0 Å². The normalized spacial score (nSPS) is 12.3. The van der Waals surface area contributed by atoms with Crippen molar-refractivity contribution in [1.82, 2.24) is 0 Å². The number of hydrogen-bond donors (Lipinski definition) is 1. The lowest BCUT2D eigenvalue weighted by Crippen LogP contribution is -2.23. The van der Waals surface area contributed by atoms with Gasteiger partial charge in [0.2, 0.25) is 10.0 Å². The van der Waals surface area contributed by atoms with E-state index in [-0.39, 0.29) is 0 Å². The molecule has 0 saturated carbocycles. The number of sulfonamides is 1. The summed E-state index contributed by atoms with van der Waals surface area (Å²) >= 11 is 0. The van der Waals surface area contributed by atoms with Gasteiger partial charge in [-0.25, -0.2) is 22.0 Å². The smallest absolute Gasteiger partial charge is 0.258 e. The highest BCUT2D eigenvalue weighted by Crippen LogP contribution is 2.23. The lowest BCUT2D eigenvalue weighted by atomic mass is 10.3. The van der Waals surface area contributed by atoms with Gasteiger partial charge in [0.15, 0.2) is 9.84 Å². The number of para-hydroxylation sites is 1. The van der Waals surface area contributed by atoms with Crippen LogP contribution in [0.5, 0.6) is 0 Å². The molecule has 0 amide bonds. The Morgan fingerprint density at radius 1 is 1.11 bits per heavy atom. The van der Waals surface area contributed by atoms with Crippen LogP contribution in [0.25, 0.3) is 0 Å². The molecule has 0 unspecified atom stereocenters. The van der Waals surface area contributed by atoms with Crippen LogP contribution in [0, 0.1) is 10.1 Å². The molecule has 10 heteroatoms. The zero-order chi connectivity index (χ0) is 14.0. The maximum Gasteiger partial charge on any atom is 0.287 e. The summed E-state index contributed by atoms with van der Waals surface area (Å²) in [5, 5.41) is 15.4. The number of nitro benzene ring substituents is 1. The van der Waals surface area contributed by atoms with Gasteiger partial charge in [-0.1, -0.05) is 12.1 Å². The van der Waals surface area contributed by atoms with Crippen LogP contribution >= 0.6 is 0 Å². The third kappa shape index (κ3) is 3.75. The van der Waals surface area contributed by atoms with Crippen LogP contribution in [0.3, 0.4) is 0 Å². The van der Waals surface area contributed by atoms with E-state index in [1.54, 1.807) is 0 Å². The highest BCUT2D eigenvalue weighted by atomic mass is 32.2. The summed E-state index contributed by atoms with van der Waals surface area (Å²) in [7, 11) is -8.02. The second-order valence-corrected chi connectivity index (χ2v) is 7.22. The van der Waals surface area contributed by atoms with Crippen LogP contribution in [0.1, 0.15) is 0 Å². The second kappa shape index (κ2) is 5.00. The fraction of sp³-hybridized carbons (Fsp3) is 0.250. The van der Waals surface area contributed by atoms with E-state index in [9.17, 15) is 26.9 Å². The lowest BCUT2D eigenvalue weighted by molar-refractivity contribution is -0.387. The van der Waals surface area contributed by atoms with Crippen molar-refractivity contribution in [2.75, 3.05) is 11.5 Å². The van der Waals surface area contributed by atoms with E-state index >= 15 is 0 Å². The van der Waals surface area contributed by atoms with Crippen molar-refractivity contribution >= 4 is 25.5 Å². The predicted octanol–water partition coefficient (Wildman–Crippen LogP) is -0.343. The van der Waals surface area contributed by atoms with E-state index in [1.807, 2.05) is 0 Å². The van der Waals surface area contributed by atoms with Gasteiger partial charge in [0.25, 0.3) is 5.69 Å². The Kier molecular flexibility index (Phi) is 4.04. The summed E-state index contributed by atoms with van der Waals surface area (Å²) in [6.07, 6.45) is 0. The molecular formula is C8H10N2O6S2. The third-order valence-corrected chi connectivity index (χ3v) is 4.82. The number of nitrogens with two attached hydrogens (primary N) is 1. The fourth-order valence-corrected chi connectivity index (χ4v) is 3.98. The molecule has 1 rings (SSSR count). The monoisotopic (exact) mass is 294 g/mol. The summed E-state index contributed by atoms with van der Waals surface area (Å²) in [4.78, 5) is 9.31. The Bertz CT molecular complexity index is 665. The van der Waals surface area contributed by atoms with Gasteiger partial charge in [0.05, 0.1) is 16.4 Å². The molecule has 18 heavy (non-hydrogen) atoms. The number of primary sulfonamides is 1. The number of nitro groups is 1. The number of benzene rings is 1. The van der Waals surface area contributed by atoms with Gasteiger partial charge in [-0.2, -0.15) is 0 Å². The molecule has 0 atom stereocenters. The molecule has 0 bridgehead atoms. The molecule has 0 heterocycles. The van der Waals surface area contributed by atoms with Crippen molar-refractivity contribution in [3.8, 4) is 0 Å². The Morgan fingerprint density at radius 2 is 1.67 bits per heavy atom. The lowest BCUT2D eigenvalue weighted by Gasteiger charge is -2.04. The maximum atomic E-state index is 11.8. The van der Waals surface area contributed by atoms with E-state index < -0.39 is 46.9 Å². The van der Waals surface area contributed by atoms with E-state index in [1.165, 1.54) is 12.1 Å². The van der Waals surface area contributed by atoms with Crippen molar-refractivity contribution in [2.45, 2.75) is 4.90 Å². The molecule has 8 nitrogen and oxygen atoms in total. The highest BCUT2D eigenvalue weighted by molar-refractivity contribution is 7.94. The van der Waals surface area contributed by atoms with Crippen LogP contribution < -0.4 is 5.14 Å². The van der Waals surface area contributed by atoms with Gasteiger partial charge in [-0.15, -0.1) is 0 Å². The number of hydrogen-bond acceptors (Lipinski definition) is 6. The van der Waals surface area contributed by atoms with E-state index in [0.717, 1.165) is 12.1 Å². The first-order valence-electron chi connectivity index (χ1n) is 4.60. The summed E-state index contributed by atoms with van der Waals surface area (Å²) in [6.45, 7) is 0. The minimum absolute atomic E-state index is 0.515. The van der Waals surface area contributed by atoms with Gasteiger partial charge in [0.1, 0.15) is 4.90 Å². The molecule has 0 saturated heterocycles. The Morgan fingerprint density at radius 3 is 2.17 bits per heavy atom. The Balaban J connectivity index is 3.17. The molecule has 0 aliphatic heterocycles. The van der Waals surface area contributed by atoms with Crippen molar-refractivity contribution in [3.63, 3.8) is 0 Å². The summed E-state index contributed by atoms with van der Waals surface area (Å²) in [5.74, 6) is -1.59. The van der Waals surface area contributed by atoms with Crippen LogP contribution in [0.4, 0.5) is 5.69 Å². The van der Waals surface area contributed by atoms with E-state index in [4.69, 9.17) is 5.14 Å². The molecular weight excluding hydrogens is 284 g/mol. The summed E-state index contributed by atoms with van der Waals surface area (Å²) < 4.78 is 45.0. The fourth-order valence-electron chi connectivity index (χ4n) is 1.21. The van der Waals surface area contributed by atoms with Gasteiger partial charge in [-0.3, -0.25) is 10.1 Å². The van der Waals surface area contributed by atoms with Crippen molar-refractivity contribution in [2.24, 2.45) is 5.14 Å². The van der Waals surface area contributed by atoms with Crippen LogP contribution in [0.15, 0.2) is 29.2 Å². The number of sulfone groups is 1. The van der Waals surface area contributed by atoms with Crippen LogP contribution in [-0.2, 0) is 19.9 Å². The van der Waals surface area contributed by atoms with E-state index in [2.05, 4.69) is 0 Å². The molecule has 1 aromatic rings. The van der Waals surface area contributed by atoms with Gasteiger partial charge in [0, 0.05) is 6.07 Å².